The number of ether oxygens (including phenoxy) is 2. The summed E-state index contributed by atoms with van der Waals surface area (Å²) in [5, 5.41) is 19.1. The van der Waals surface area contributed by atoms with Crippen LogP contribution in [0.1, 0.15) is 58.8 Å². The van der Waals surface area contributed by atoms with E-state index in [1.165, 1.54) is 32.1 Å². The average molecular weight is 260 g/mol. The Morgan fingerprint density at radius 3 is 2.44 bits per heavy atom. The zero-order chi connectivity index (χ0) is 13.4. The van der Waals surface area contributed by atoms with Gasteiger partial charge in [-0.25, -0.2) is 0 Å². The van der Waals surface area contributed by atoms with Gasteiger partial charge in [0.2, 0.25) is 0 Å². The molecule has 0 amide bonds. The van der Waals surface area contributed by atoms with E-state index in [1.807, 2.05) is 0 Å². The van der Waals surface area contributed by atoms with Crippen LogP contribution < -0.4 is 0 Å². The molecule has 1 rings (SSSR count). The summed E-state index contributed by atoms with van der Waals surface area (Å²) in [5.74, 6) is 0. The summed E-state index contributed by atoms with van der Waals surface area (Å²) < 4.78 is 11.1. The number of aliphatic hydroxyl groups excluding tert-OH is 2. The van der Waals surface area contributed by atoms with Crippen LogP contribution in [-0.2, 0) is 9.47 Å². The van der Waals surface area contributed by atoms with Crippen molar-refractivity contribution in [3.05, 3.63) is 0 Å². The lowest BCUT2D eigenvalue weighted by Crippen LogP contribution is -2.47. The Morgan fingerprint density at radius 1 is 1.11 bits per heavy atom. The summed E-state index contributed by atoms with van der Waals surface area (Å²) in [5.41, 5.74) is 0. The largest absolute Gasteiger partial charge is 0.390 e. The average Bonchev–Trinajstić information content (AvgIpc) is 2.34. The summed E-state index contributed by atoms with van der Waals surface area (Å²) in [6, 6.07) is 0. The Balaban J connectivity index is 2.02. The van der Waals surface area contributed by atoms with Crippen molar-refractivity contribution in [2.45, 2.75) is 83.4 Å². The molecule has 18 heavy (non-hydrogen) atoms. The molecule has 0 unspecified atom stereocenters. The Bertz CT molecular complexity index is 198. The van der Waals surface area contributed by atoms with Crippen LogP contribution in [-0.4, -0.2) is 41.4 Å². The third kappa shape index (κ3) is 5.65. The Labute approximate surface area is 110 Å². The number of unbranched alkanes of at least 4 members (excludes halogenated alkanes) is 5. The van der Waals surface area contributed by atoms with E-state index in [-0.39, 0.29) is 12.4 Å². The molecule has 0 aromatic rings. The van der Waals surface area contributed by atoms with Crippen molar-refractivity contribution in [3.8, 4) is 0 Å². The highest BCUT2D eigenvalue weighted by molar-refractivity contribution is 4.79. The second kappa shape index (κ2) is 8.86. The van der Waals surface area contributed by atoms with E-state index in [9.17, 15) is 10.2 Å². The first-order valence-corrected chi connectivity index (χ1v) is 7.28. The molecule has 1 saturated heterocycles. The lowest BCUT2D eigenvalue weighted by Gasteiger charge is -2.35. The molecule has 0 aliphatic carbocycles. The van der Waals surface area contributed by atoms with Gasteiger partial charge in [-0.3, -0.25) is 0 Å². The van der Waals surface area contributed by atoms with E-state index in [4.69, 9.17) is 9.47 Å². The van der Waals surface area contributed by atoms with Gasteiger partial charge in [0, 0.05) is 13.0 Å². The van der Waals surface area contributed by atoms with E-state index in [0.717, 1.165) is 6.42 Å². The molecule has 0 bridgehead atoms. The van der Waals surface area contributed by atoms with Crippen molar-refractivity contribution in [3.63, 3.8) is 0 Å². The summed E-state index contributed by atoms with van der Waals surface area (Å²) in [4.78, 5) is 0. The lowest BCUT2D eigenvalue weighted by molar-refractivity contribution is -0.246. The smallest absolute Gasteiger partial charge is 0.160 e. The van der Waals surface area contributed by atoms with Gasteiger partial charge >= 0.3 is 0 Å². The number of hydrogen-bond donors (Lipinski definition) is 2. The van der Waals surface area contributed by atoms with Crippen molar-refractivity contribution in [2.75, 3.05) is 6.61 Å². The molecule has 0 spiro atoms. The van der Waals surface area contributed by atoms with Crippen molar-refractivity contribution in [2.24, 2.45) is 0 Å². The van der Waals surface area contributed by atoms with Crippen LogP contribution in [0.4, 0.5) is 0 Å². The van der Waals surface area contributed by atoms with Gasteiger partial charge in [0.25, 0.3) is 0 Å². The highest BCUT2D eigenvalue weighted by Crippen LogP contribution is 2.21. The summed E-state index contributed by atoms with van der Waals surface area (Å²) in [6.45, 7) is 4.64. The van der Waals surface area contributed by atoms with Gasteiger partial charge in [0.15, 0.2) is 6.29 Å². The van der Waals surface area contributed by atoms with Gasteiger partial charge in [-0.1, -0.05) is 39.0 Å². The fourth-order valence-electron chi connectivity index (χ4n) is 2.23. The van der Waals surface area contributed by atoms with Crippen molar-refractivity contribution in [1.82, 2.24) is 0 Å². The van der Waals surface area contributed by atoms with Gasteiger partial charge in [0.05, 0.1) is 12.2 Å². The minimum absolute atomic E-state index is 0.358. The predicted molar refractivity (Wildman–Crippen MR) is 70.3 cm³/mol. The first-order valence-electron chi connectivity index (χ1n) is 7.28. The summed E-state index contributed by atoms with van der Waals surface area (Å²) in [7, 11) is 0. The second-order valence-electron chi connectivity index (χ2n) is 5.20. The zero-order valence-corrected chi connectivity index (χ0v) is 11.7. The van der Waals surface area contributed by atoms with Gasteiger partial charge < -0.3 is 19.7 Å². The fraction of sp³-hybridized carbons (Fsp3) is 1.00. The molecule has 108 valence electrons. The van der Waals surface area contributed by atoms with E-state index in [0.29, 0.717) is 13.0 Å². The fourth-order valence-corrected chi connectivity index (χ4v) is 2.23. The Hall–Kier alpha value is -0.160. The molecule has 1 heterocycles. The standard InChI is InChI=1S/C14H28O4/c1-3-4-5-6-7-8-9-17-13-10-12(15)14(16)11(2)18-13/h11-16H,3-10H2,1-2H3/t11-,12-,13+,14-/m1/s1. The quantitative estimate of drug-likeness (QED) is 0.657. The summed E-state index contributed by atoms with van der Waals surface area (Å²) >= 11 is 0. The monoisotopic (exact) mass is 260 g/mol. The minimum Gasteiger partial charge on any atom is -0.390 e. The first-order chi connectivity index (χ1) is 8.65. The number of aliphatic hydroxyl groups is 2. The predicted octanol–water partition coefficient (Wildman–Crippen LogP) is 2.22. The maximum Gasteiger partial charge on any atom is 0.160 e. The molecule has 1 aliphatic rings. The Kier molecular flexibility index (Phi) is 7.82. The molecule has 4 atom stereocenters. The molecule has 4 nitrogen and oxygen atoms in total. The van der Waals surface area contributed by atoms with Gasteiger partial charge in [-0.15, -0.1) is 0 Å². The molecule has 1 fully saturated rings. The van der Waals surface area contributed by atoms with Gasteiger partial charge in [-0.05, 0) is 13.3 Å². The van der Waals surface area contributed by atoms with Crippen LogP contribution in [0.3, 0.4) is 0 Å². The topological polar surface area (TPSA) is 58.9 Å². The van der Waals surface area contributed by atoms with Gasteiger partial charge in [-0.2, -0.15) is 0 Å². The summed E-state index contributed by atoms with van der Waals surface area (Å²) in [6.07, 6.45) is 5.49. The van der Waals surface area contributed by atoms with E-state index < -0.39 is 12.2 Å². The van der Waals surface area contributed by atoms with Crippen molar-refractivity contribution >= 4 is 0 Å². The first kappa shape index (κ1) is 15.9. The third-order valence-electron chi connectivity index (χ3n) is 3.48. The highest BCUT2D eigenvalue weighted by Gasteiger charge is 2.34. The van der Waals surface area contributed by atoms with E-state index in [1.54, 1.807) is 6.92 Å². The SMILES string of the molecule is CCCCCCCCO[C@@H]1C[C@@H](O)[C@H](O)[C@@H](C)O1. The molecule has 0 aromatic carbocycles. The zero-order valence-electron chi connectivity index (χ0n) is 11.7. The molecule has 0 radical (unpaired) electrons. The van der Waals surface area contributed by atoms with Crippen LogP contribution >= 0.6 is 0 Å². The molecule has 4 heteroatoms. The molecule has 0 aromatic heterocycles. The molecule has 2 N–H and O–H groups in total. The van der Waals surface area contributed by atoms with Crippen LogP contribution in [0.5, 0.6) is 0 Å². The molecule has 0 saturated carbocycles. The molecule has 1 aliphatic heterocycles. The Morgan fingerprint density at radius 2 is 1.78 bits per heavy atom. The van der Waals surface area contributed by atoms with E-state index >= 15 is 0 Å². The van der Waals surface area contributed by atoms with Crippen LogP contribution in [0.15, 0.2) is 0 Å². The minimum atomic E-state index is -0.793. The maximum atomic E-state index is 9.61. The van der Waals surface area contributed by atoms with Crippen LogP contribution in [0, 0.1) is 0 Å². The third-order valence-corrected chi connectivity index (χ3v) is 3.48. The van der Waals surface area contributed by atoms with Crippen LogP contribution in [0.2, 0.25) is 0 Å². The maximum absolute atomic E-state index is 9.61. The normalized spacial score (nSPS) is 32.7. The number of rotatable bonds is 8. The van der Waals surface area contributed by atoms with Crippen molar-refractivity contribution in [1.29, 1.82) is 0 Å². The van der Waals surface area contributed by atoms with Crippen molar-refractivity contribution < 1.29 is 19.7 Å². The molecular formula is C14H28O4. The second-order valence-corrected chi connectivity index (χ2v) is 5.20. The van der Waals surface area contributed by atoms with Crippen LogP contribution in [0.25, 0.3) is 0 Å². The molecular weight excluding hydrogens is 232 g/mol. The van der Waals surface area contributed by atoms with E-state index in [2.05, 4.69) is 6.92 Å². The number of hydrogen-bond acceptors (Lipinski definition) is 4. The van der Waals surface area contributed by atoms with Gasteiger partial charge in [0.1, 0.15) is 6.10 Å². The highest BCUT2D eigenvalue weighted by atomic mass is 16.7. The lowest BCUT2D eigenvalue weighted by atomic mass is 10.0.